The standard InChI is InChI=1S/C16H16Cl3N3/c17-16(18,19)15-21-13(11-7-3-1-4-8-11)20-14(22-15)12-9-5-2-6-10-12/h1,3-4,7-8,12H,2,5-6,9-10H2. The van der Waals surface area contributed by atoms with E-state index in [1.807, 2.05) is 30.3 Å². The largest absolute Gasteiger partial charge is 0.250 e. The van der Waals surface area contributed by atoms with Gasteiger partial charge in [0.25, 0.3) is 0 Å². The minimum Gasteiger partial charge on any atom is -0.213 e. The van der Waals surface area contributed by atoms with Crippen LogP contribution in [0, 0.1) is 0 Å². The molecule has 1 aromatic heterocycles. The first-order valence-corrected chi connectivity index (χ1v) is 8.56. The van der Waals surface area contributed by atoms with E-state index < -0.39 is 3.79 Å². The first kappa shape index (κ1) is 16.0. The Morgan fingerprint density at radius 3 is 2.18 bits per heavy atom. The SMILES string of the molecule is ClC(Cl)(Cl)c1nc(-c2ccccc2)nc(C2CCCCC2)n1. The van der Waals surface area contributed by atoms with Gasteiger partial charge in [0, 0.05) is 11.5 Å². The first-order chi connectivity index (χ1) is 10.5. The minimum absolute atomic E-state index is 0.201. The van der Waals surface area contributed by atoms with Crippen LogP contribution in [0.25, 0.3) is 11.4 Å². The van der Waals surface area contributed by atoms with E-state index in [1.54, 1.807) is 0 Å². The van der Waals surface area contributed by atoms with Crippen LogP contribution in [0.2, 0.25) is 0 Å². The summed E-state index contributed by atoms with van der Waals surface area (Å²) in [6, 6.07) is 9.72. The fraction of sp³-hybridized carbons (Fsp3) is 0.438. The molecule has 22 heavy (non-hydrogen) atoms. The lowest BCUT2D eigenvalue weighted by molar-refractivity contribution is 0.427. The molecule has 0 amide bonds. The van der Waals surface area contributed by atoms with Gasteiger partial charge in [-0.3, -0.25) is 0 Å². The van der Waals surface area contributed by atoms with Crippen molar-refractivity contribution in [1.29, 1.82) is 0 Å². The average Bonchev–Trinajstić information content (AvgIpc) is 2.55. The van der Waals surface area contributed by atoms with Gasteiger partial charge < -0.3 is 0 Å². The third-order valence-electron chi connectivity index (χ3n) is 3.91. The minimum atomic E-state index is -1.64. The maximum absolute atomic E-state index is 6.01. The Hall–Kier alpha value is -0.900. The van der Waals surface area contributed by atoms with Gasteiger partial charge in [-0.2, -0.15) is 0 Å². The zero-order valence-electron chi connectivity index (χ0n) is 12.0. The highest BCUT2D eigenvalue weighted by molar-refractivity contribution is 6.66. The second-order valence-corrected chi connectivity index (χ2v) is 7.82. The number of hydrogen-bond donors (Lipinski definition) is 0. The van der Waals surface area contributed by atoms with E-state index in [4.69, 9.17) is 34.8 Å². The highest BCUT2D eigenvalue weighted by Gasteiger charge is 2.30. The van der Waals surface area contributed by atoms with Gasteiger partial charge in [-0.05, 0) is 12.8 Å². The number of rotatable bonds is 2. The molecule has 3 nitrogen and oxygen atoms in total. The molecule has 3 rings (SSSR count). The van der Waals surface area contributed by atoms with E-state index in [0.717, 1.165) is 24.2 Å². The molecule has 1 aliphatic rings. The molecule has 0 spiro atoms. The quantitative estimate of drug-likeness (QED) is 0.675. The number of nitrogens with zero attached hydrogens (tertiary/aromatic N) is 3. The van der Waals surface area contributed by atoms with E-state index >= 15 is 0 Å². The summed E-state index contributed by atoms with van der Waals surface area (Å²) in [6.45, 7) is 0. The summed E-state index contributed by atoms with van der Waals surface area (Å²) in [5.74, 6) is 1.84. The molecule has 0 N–H and O–H groups in total. The van der Waals surface area contributed by atoms with Gasteiger partial charge in [-0.15, -0.1) is 0 Å². The Balaban J connectivity index is 2.06. The van der Waals surface area contributed by atoms with Gasteiger partial charge in [0.15, 0.2) is 11.6 Å². The number of alkyl halides is 3. The highest BCUT2D eigenvalue weighted by atomic mass is 35.6. The molecule has 0 bridgehead atoms. The maximum atomic E-state index is 6.01. The van der Waals surface area contributed by atoms with Gasteiger partial charge in [0.05, 0.1) is 0 Å². The van der Waals surface area contributed by atoms with Crippen molar-refractivity contribution in [2.45, 2.75) is 41.8 Å². The van der Waals surface area contributed by atoms with Gasteiger partial charge in [-0.1, -0.05) is 84.4 Å². The van der Waals surface area contributed by atoms with Crippen LogP contribution in [0.5, 0.6) is 0 Å². The van der Waals surface area contributed by atoms with Crippen molar-refractivity contribution in [2.24, 2.45) is 0 Å². The zero-order valence-corrected chi connectivity index (χ0v) is 14.2. The van der Waals surface area contributed by atoms with Gasteiger partial charge in [0.1, 0.15) is 5.82 Å². The van der Waals surface area contributed by atoms with Gasteiger partial charge >= 0.3 is 0 Å². The van der Waals surface area contributed by atoms with Crippen molar-refractivity contribution in [1.82, 2.24) is 15.0 Å². The summed E-state index contributed by atoms with van der Waals surface area (Å²) in [7, 11) is 0. The molecular weight excluding hydrogens is 341 g/mol. The first-order valence-electron chi connectivity index (χ1n) is 7.42. The smallest absolute Gasteiger partial charge is 0.213 e. The normalized spacial score (nSPS) is 16.7. The summed E-state index contributed by atoms with van der Waals surface area (Å²) in [5.41, 5.74) is 0.900. The second kappa shape index (κ2) is 6.69. The number of aromatic nitrogens is 3. The van der Waals surface area contributed by atoms with Crippen LogP contribution in [0.1, 0.15) is 49.7 Å². The third-order valence-corrected chi connectivity index (χ3v) is 4.42. The predicted octanol–water partition coefficient (Wildman–Crippen LogP) is 5.41. The molecule has 1 heterocycles. The van der Waals surface area contributed by atoms with Crippen LogP contribution < -0.4 is 0 Å². The third kappa shape index (κ3) is 3.70. The molecule has 0 unspecified atom stereocenters. The molecular formula is C16H16Cl3N3. The Morgan fingerprint density at radius 1 is 0.864 bits per heavy atom. The Bertz CT molecular complexity index is 635. The Kier molecular flexibility index (Phi) is 4.86. The molecule has 0 saturated heterocycles. The number of hydrogen-bond acceptors (Lipinski definition) is 3. The van der Waals surface area contributed by atoms with Crippen molar-refractivity contribution in [3.05, 3.63) is 42.0 Å². The van der Waals surface area contributed by atoms with Crippen LogP contribution in [-0.2, 0) is 3.79 Å². The fourth-order valence-corrected chi connectivity index (χ4v) is 3.03. The molecule has 1 saturated carbocycles. The molecule has 0 atom stereocenters. The molecule has 2 aromatic rings. The van der Waals surface area contributed by atoms with Crippen molar-refractivity contribution in [2.75, 3.05) is 0 Å². The summed E-state index contributed by atoms with van der Waals surface area (Å²) in [6.07, 6.45) is 5.82. The summed E-state index contributed by atoms with van der Waals surface area (Å²) >= 11 is 18.0. The molecule has 116 valence electrons. The monoisotopic (exact) mass is 355 g/mol. The fourth-order valence-electron chi connectivity index (χ4n) is 2.78. The van der Waals surface area contributed by atoms with Crippen LogP contribution in [0.4, 0.5) is 0 Å². The molecule has 0 aliphatic heterocycles. The van der Waals surface area contributed by atoms with Crippen LogP contribution in [0.3, 0.4) is 0 Å². The van der Waals surface area contributed by atoms with E-state index in [-0.39, 0.29) is 5.82 Å². The van der Waals surface area contributed by atoms with E-state index in [9.17, 15) is 0 Å². The Labute approximate surface area is 145 Å². The molecule has 0 radical (unpaired) electrons. The lowest BCUT2D eigenvalue weighted by Crippen LogP contribution is -2.16. The maximum Gasteiger partial charge on any atom is 0.250 e. The molecule has 6 heteroatoms. The van der Waals surface area contributed by atoms with Crippen LogP contribution in [0.15, 0.2) is 30.3 Å². The van der Waals surface area contributed by atoms with Gasteiger partial charge in [0.2, 0.25) is 3.79 Å². The Morgan fingerprint density at radius 2 is 1.55 bits per heavy atom. The predicted molar refractivity (Wildman–Crippen MR) is 90.3 cm³/mol. The number of halogens is 3. The molecule has 1 aromatic carbocycles. The molecule has 1 fully saturated rings. The van der Waals surface area contributed by atoms with Gasteiger partial charge in [-0.25, -0.2) is 15.0 Å². The summed E-state index contributed by atoms with van der Waals surface area (Å²) < 4.78 is -1.64. The van der Waals surface area contributed by atoms with E-state index in [1.165, 1.54) is 19.3 Å². The summed E-state index contributed by atoms with van der Waals surface area (Å²) in [5, 5.41) is 0. The topological polar surface area (TPSA) is 38.7 Å². The average molecular weight is 357 g/mol. The zero-order chi connectivity index (χ0) is 15.6. The summed E-state index contributed by atoms with van der Waals surface area (Å²) in [4.78, 5) is 13.4. The second-order valence-electron chi connectivity index (χ2n) is 5.54. The van der Waals surface area contributed by atoms with Crippen molar-refractivity contribution in [3.8, 4) is 11.4 Å². The van der Waals surface area contributed by atoms with Crippen molar-refractivity contribution < 1.29 is 0 Å². The highest BCUT2D eigenvalue weighted by Crippen LogP contribution is 2.38. The molecule has 1 aliphatic carbocycles. The van der Waals surface area contributed by atoms with E-state index in [2.05, 4.69) is 15.0 Å². The lowest BCUT2D eigenvalue weighted by Gasteiger charge is -2.21. The van der Waals surface area contributed by atoms with E-state index in [0.29, 0.717) is 11.7 Å². The van der Waals surface area contributed by atoms with Crippen molar-refractivity contribution >= 4 is 34.8 Å². The van der Waals surface area contributed by atoms with Crippen molar-refractivity contribution in [3.63, 3.8) is 0 Å². The van der Waals surface area contributed by atoms with Crippen LogP contribution >= 0.6 is 34.8 Å². The lowest BCUT2D eigenvalue weighted by atomic mass is 9.88. The van der Waals surface area contributed by atoms with Crippen LogP contribution in [-0.4, -0.2) is 15.0 Å². The number of benzene rings is 1.